The lowest BCUT2D eigenvalue weighted by Crippen LogP contribution is -2.55. The summed E-state index contributed by atoms with van der Waals surface area (Å²) in [4.78, 5) is 18.9. The number of amides is 2. The van der Waals surface area contributed by atoms with Crippen molar-refractivity contribution in [1.29, 1.82) is 0 Å². The minimum absolute atomic E-state index is 0.0184. The number of anilines is 2. The number of carbonyl (C=O) groups excluding carboxylic acids is 1. The third-order valence-electron chi connectivity index (χ3n) is 7.24. The van der Waals surface area contributed by atoms with E-state index < -0.39 is 11.7 Å². The monoisotopic (exact) mass is 501 g/mol. The molecule has 3 aromatic rings. The number of fused-ring (bicyclic) bond motifs is 1. The van der Waals surface area contributed by atoms with Gasteiger partial charge in [0, 0.05) is 19.1 Å². The lowest BCUT2D eigenvalue weighted by atomic mass is 9.97. The molecule has 36 heavy (non-hydrogen) atoms. The summed E-state index contributed by atoms with van der Waals surface area (Å²) in [6.45, 7) is 4.67. The van der Waals surface area contributed by atoms with Gasteiger partial charge in [0.2, 0.25) is 0 Å². The number of urea groups is 1. The van der Waals surface area contributed by atoms with Crippen molar-refractivity contribution in [2.75, 3.05) is 22.9 Å². The molecule has 1 aromatic heterocycles. The highest BCUT2D eigenvalue weighted by atomic mass is 19.4. The number of hydrogen-bond donors (Lipinski definition) is 1. The largest absolute Gasteiger partial charge is 0.416 e. The number of piperidine rings is 1. The van der Waals surface area contributed by atoms with Crippen molar-refractivity contribution < 1.29 is 22.4 Å². The molecule has 2 amide bonds. The third kappa shape index (κ3) is 4.18. The van der Waals surface area contributed by atoms with E-state index in [4.69, 9.17) is 0 Å². The van der Waals surface area contributed by atoms with Crippen molar-refractivity contribution in [3.63, 3.8) is 0 Å². The second-order valence-electron chi connectivity index (χ2n) is 9.40. The van der Waals surface area contributed by atoms with Crippen LogP contribution in [0.25, 0.3) is 0 Å². The first kappa shape index (κ1) is 24.1. The highest BCUT2D eigenvalue weighted by Crippen LogP contribution is 2.40. The van der Waals surface area contributed by atoms with Gasteiger partial charge in [0.05, 0.1) is 41.4 Å². The number of H-pyrrole nitrogens is 1. The maximum atomic E-state index is 14.5. The van der Waals surface area contributed by atoms with Crippen molar-refractivity contribution in [1.82, 2.24) is 15.1 Å². The lowest BCUT2D eigenvalue weighted by molar-refractivity contribution is -0.138. The Kier molecular flexibility index (Phi) is 6.13. The Hall–Kier alpha value is -3.56. The van der Waals surface area contributed by atoms with E-state index in [9.17, 15) is 22.4 Å². The number of para-hydroxylation sites is 1. The fraction of sp³-hybridized carbons (Fsp3) is 0.385. The number of hydrogen-bond acceptors (Lipinski definition) is 3. The molecule has 0 unspecified atom stereocenters. The van der Waals surface area contributed by atoms with Gasteiger partial charge >= 0.3 is 12.2 Å². The number of halogens is 4. The number of rotatable bonds is 4. The third-order valence-corrected chi connectivity index (χ3v) is 7.24. The molecule has 1 fully saturated rings. The van der Waals surface area contributed by atoms with Gasteiger partial charge in [-0.2, -0.15) is 18.3 Å². The van der Waals surface area contributed by atoms with Gasteiger partial charge in [0.15, 0.2) is 0 Å². The van der Waals surface area contributed by atoms with Crippen LogP contribution in [-0.2, 0) is 12.7 Å². The first-order valence-corrected chi connectivity index (χ1v) is 11.9. The summed E-state index contributed by atoms with van der Waals surface area (Å²) in [7, 11) is 0. The topological polar surface area (TPSA) is 55.5 Å². The Morgan fingerprint density at radius 3 is 2.50 bits per heavy atom. The number of aromatic nitrogens is 2. The molecule has 0 radical (unpaired) electrons. The Morgan fingerprint density at radius 2 is 1.81 bits per heavy atom. The van der Waals surface area contributed by atoms with Crippen molar-refractivity contribution in [3.8, 4) is 0 Å². The zero-order valence-electron chi connectivity index (χ0n) is 20.0. The Labute approximate surface area is 206 Å². The number of aryl methyl sites for hydroxylation is 1. The predicted molar refractivity (Wildman–Crippen MR) is 128 cm³/mol. The molecule has 10 heteroatoms. The van der Waals surface area contributed by atoms with E-state index >= 15 is 0 Å². The average molecular weight is 502 g/mol. The number of benzene rings is 2. The van der Waals surface area contributed by atoms with Crippen LogP contribution in [0.2, 0.25) is 0 Å². The smallest absolute Gasteiger partial charge is 0.369 e. The van der Waals surface area contributed by atoms with Gasteiger partial charge in [-0.05, 0) is 49.9 Å². The van der Waals surface area contributed by atoms with Crippen LogP contribution in [0.4, 0.5) is 33.7 Å². The highest BCUT2D eigenvalue weighted by molar-refractivity contribution is 5.95. The van der Waals surface area contributed by atoms with Crippen molar-refractivity contribution in [2.45, 2.75) is 51.5 Å². The van der Waals surface area contributed by atoms with E-state index in [-0.39, 0.29) is 36.0 Å². The summed E-state index contributed by atoms with van der Waals surface area (Å²) >= 11 is 0. The molecule has 2 aliphatic rings. The molecule has 1 N–H and O–H groups in total. The molecule has 1 atom stereocenters. The van der Waals surface area contributed by atoms with Gasteiger partial charge in [0.1, 0.15) is 5.82 Å². The van der Waals surface area contributed by atoms with Gasteiger partial charge in [-0.15, -0.1) is 0 Å². The number of nitrogens with zero attached hydrogens (tertiary/aromatic N) is 4. The summed E-state index contributed by atoms with van der Waals surface area (Å²) in [6.07, 6.45) is -1.82. The molecule has 0 aliphatic carbocycles. The van der Waals surface area contributed by atoms with Crippen LogP contribution < -0.4 is 9.80 Å². The van der Waals surface area contributed by atoms with Crippen LogP contribution in [0, 0.1) is 12.7 Å². The zero-order chi connectivity index (χ0) is 25.6. The van der Waals surface area contributed by atoms with Crippen LogP contribution in [0.1, 0.15) is 48.2 Å². The van der Waals surface area contributed by atoms with Crippen molar-refractivity contribution in [3.05, 3.63) is 76.9 Å². The van der Waals surface area contributed by atoms with Crippen molar-refractivity contribution >= 4 is 17.4 Å². The van der Waals surface area contributed by atoms with Gasteiger partial charge in [-0.1, -0.05) is 30.3 Å². The normalized spacial score (nSPS) is 19.1. The molecule has 2 aliphatic heterocycles. The van der Waals surface area contributed by atoms with E-state index in [1.54, 1.807) is 11.0 Å². The summed E-state index contributed by atoms with van der Waals surface area (Å²) < 4.78 is 55.4. The predicted octanol–water partition coefficient (Wildman–Crippen LogP) is 6.05. The summed E-state index contributed by atoms with van der Waals surface area (Å²) in [5.41, 5.74) is 1.86. The van der Waals surface area contributed by atoms with Crippen LogP contribution in [0.5, 0.6) is 0 Å². The SMILES string of the molecule is Cc1cccc(F)c1N1CCC(N2C(=O)N(Cc3ccccc3C(F)(F)F)c3cn[nH]c3[C@H]2C)CC1. The quantitative estimate of drug-likeness (QED) is 0.443. The van der Waals surface area contributed by atoms with Crippen molar-refractivity contribution in [2.24, 2.45) is 0 Å². The number of alkyl halides is 3. The highest BCUT2D eigenvalue weighted by Gasteiger charge is 2.42. The van der Waals surface area contributed by atoms with E-state index in [1.165, 1.54) is 35.4 Å². The zero-order valence-corrected chi connectivity index (χ0v) is 20.0. The van der Waals surface area contributed by atoms with Crippen LogP contribution in [-0.4, -0.2) is 40.3 Å². The van der Waals surface area contributed by atoms with E-state index in [1.807, 2.05) is 24.8 Å². The van der Waals surface area contributed by atoms with Crippen LogP contribution in [0.15, 0.2) is 48.7 Å². The molecule has 6 nitrogen and oxygen atoms in total. The van der Waals surface area contributed by atoms with E-state index in [2.05, 4.69) is 10.2 Å². The first-order chi connectivity index (χ1) is 17.2. The number of carbonyl (C=O) groups is 1. The number of aromatic amines is 1. The Balaban J connectivity index is 1.41. The molecule has 5 rings (SSSR count). The molecule has 1 saturated heterocycles. The average Bonchev–Trinajstić information content (AvgIpc) is 3.33. The molecule has 0 bridgehead atoms. The van der Waals surface area contributed by atoms with Crippen LogP contribution >= 0.6 is 0 Å². The Bertz CT molecular complexity index is 1240. The molecule has 190 valence electrons. The second-order valence-corrected chi connectivity index (χ2v) is 9.40. The summed E-state index contributed by atoms with van der Waals surface area (Å²) in [5.74, 6) is -0.271. The van der Waals surface area contributed by atoms with Gasteiger partial charge < -0.3 is 9.80 Å². The number of nitrogens with one attached hydrogen (secondary N) is 1. The Morgan fingerprint density at radius 1 is 1.08 bits per heavy atom. The van der Waals surface area contributed by atoms with Gasteiger partial charge in [-0.3, -0.25) is 10.00 Å². The minimum atomic E-state index is -4.53. The maximum absolute atomic E-state index is 14.5. The maximum Gasteiger partial charge on any atom is 0.416 e. The molecule has 3 heterocycles. The van der Waals surface area contributed by atoms with Gasteiger partial charge in [-0.25, -0.2) is 9.18 Å². The fourth-order valence-electron chi connectivity index (χ4n) is 5.48. The molecule has 0 saturated carbocycles. The molecular weight excluding hydrogens is 474 g/mol. The second kappa shape index (κ2) is 9.15. The standard InChI is InChI=1S/C26H27F4N5O/c1-16-6-5-9-21(27)24(16)33-12-10-19(11-13-33)35-17(2)23-22(14-31-32-23)34(25(35)36)15-18-7-3-4-8-20(18)26(28,29)30/h3-9,14,17,19H,10-13,15H2,1-2H3,(H,31,32)/t17-/m1/s1. The summed E-state index contributed by atoms with van der Waals surface area (Å²) in [5, 5.41) is 7.02. The first-order valence-electron chi connectivity index (χ1n) is 11.9. The fourth-order valence-corrected chi connectivity index (χ4v) is 5.48. The lowest BCUT2D eigenvalue weighted by Gasteiger charge is -2.46. The van der Waals surface area contributed by atoms with Gasteiger partial charge in [0.25, 0.3) is 0 Å². The van der Waals surface area contributed by atoms with E-state index in [0.717, 1.165) is 11.6 Å². The van der Waals surface area contributed by atoms with E-state index in [0.29, 0.717) is 43.0 Å². The molecule has 2 aromatic carbocycles. The molecular formula is C26H27F4N5O. The molecule has 0 spiro atoms. The summed E-state index contributed by atoms with van der Waals surface area (Å²) in [6, 6.07) is 9.48. The van der Waals surface area contributed by atoms with Crippen LogP contribution in [0.3, 0.4) is 0 Å². The minimum Gasteiger partial charge on any atom is -0.369 e.